The summed E-state index contributed by atoms with van der Waals surface area (Å²) in [5, 5.41) is 13.1. The zero-order valence-electron chi connectivity index (χ0n) is 12.2. The topological polar surface area (TPSA) is 66.9 Å². The lowest BCUT2D eigenvalue weighted by Gasteiger charge is -1.97. The fourth-order valence-corrected chi connectivity index (χ4v) is 3.98. The van der Waals surface area contributed by atoms with Crippen LogP contribution >= 0.6 is 23.1 Å². The smallest absolute Gasteiger partial charge is 0.161 e. The average molecular weight is 337 g/mol. The van der Waals surface area contributed by atoms with Crippen LogP contribution in [0.25, 0.3) is 15.9 Å². The maximum atomic E-state index is 8.91. The third-order valence-corrected chi connectivity index (χ3v) is 5.48. The SMILES string of the molecule is CSc1nc2ccc(Cc3cn4nc(C#N)ccc4n3)cc2s1. The highest BCUT2D eigenvalue weighted by Crippen LogP contribution is 2.29. The first kappa shape index (κ1) is 14.2. The molecule has 3 heterocycles. The van der Waals surface area contributed by atoms with Crippen molar-refractivity contribution in [2.75, 3.05) is 6.26 Å². The maximum absolute atomic E-state index is 8.91. The Morgan fingerprint density at radius 2 is 2.17 bits per heavy atom. The standard InChI is InChI=1S/C16H11N5S2/c1-22-16-19-13-4-2-10(7-14(13)23-16)6-12-9-21-15(18-12)5-3-11(8-17)20-21/h2-5,7,9H,6H2,1H3. The van der Waals surface area contributed by atoms with Crippen LogP contribution in [0.2, 0.25) is 0 Å². The Bertz CT molecular complexity index is 1060. The Kier molecular flexibility index (Phi) is 3.48. The fourth-order valence-electron chi connectivity index (χ4n) is 2.43. The Labute approximate surface area is 140 Å². The van der Waals surface area contributed by atoms with Gasteiger partial charge in [0.2, 0.25) is 0 Å². The number of imidazole rings is 1. The highest BCUT2D eigenvalue weighted by atomic mass is 32.2. The minimum absolute atomic E-state index is 0.386. The van der Waals surface area contributed by atoms with Crippen molar-refractivity contribution in [2.24, 2.45) is 0 Å². The molecule has 0 aliphatic heterocycles. The van der Waals surface area contributed by atoms with Crippen LogP contribution in [0.15, 0.2) is 40.9 Å². The number of fused-ring (bicyclic) bond motifs is 2. The zero-order chi connectivity index (χ0) is 15.8. The van der Waals surface area contributed by atoms with Crippen LogP contribution in [-0.2, 0) is 6.42 Å². The van der Waals surface area contributed by atoms with Crippen LogP contribution < -0.4 is 0 Å². The minimum Gasteiger partial charge on any atom is -0.232 e. The number of rotatable bonds is 3. The van der Waals surface area contributed by atoms with E-state index in [1.807, 2.05) is 24.6 Å². The van der Waals surface area contributed by atoms with E-state index < -0.39 is 0 Å². The number of thiazole rings is 1. The first-order chi connectivity index (χ1) is 11.2. The van der Waals surface area contributed by atoms with E-state index in [2.05, 4.69) is 33.3 Å². The number of aromatic nitrogens is 4. The van der Waals surface area contributed by atoms with Crippen molar-refractivity contribution in [1.29, 1.82) is 5.26 Å². The highest BCUT2D eigenvalue weighted by molar-refractivity contribution is 8.00. The molecule has 0 saturated carbocycles. The molecule has 0 unspecified atom stereocenters. The normalized spacial score (nSPS) is 11.1. The summed E-state index contributed by atoms with van der Waals surface area (Å²) >= 11 is 3.38. The molecule has 4 rings (SSSR count). The van der Waals surface area contributed by atoms with Crippen molar-refractivity contribution >= 4 is 39.0 Å². The molecule has 0 aliphatic carbocycles. The van der Waals surface area contributed by atoms with E-state index in [9.17, 15) is 0 Å². The summed E-state index contributed by atoms with van der Waals surface area (Å²) in [5.41, 5.74) is 4.30. The third kappa shape index (κ3) is 2.67. The average Bonchev–Trinajstić information content (AvgIpc) is 3.16. The van der Waals surface area contributed by atoms with Gasteiger partial charge < -0.3 is 0 Å². The predicted molar refractivity (Wildman–Crippen MR) is 91.9 cm³/mol. The van der Waals surface area contributed by atoms with Crippen molar-refractivity contribution in [1.82, 2.24) is 19.6 Å². The van der Waals surface area contributed by atoms with E-state index in [0.717, 1.165) is 27.6 Å². The molecule has 0 amide bonds. The van der Waals surface area contributed by atoms with Crippen LogP contribution in [0.5, 0.6) is 0 Å². The molecule has 0 bridgehead atoms. The second-order valence-corrected chi connectivity index (χ2v) is 7.11. The van der Waals surface area contributed by atoms with Crippen LogP contribution in [0.4, 0.5) is 0 Å². The number of benzene rings is 1. The molecule has 23 heavy (non-hydrogen) atoms. The first-order valence-corrected chi connectivity index (χ1v) is 8.98. The van der Waals surface area contributed by atoms with Crippen molar-refractivity contribution in [3.63, 3.8) is 0 Å². The number of thioether (sulfide) groups is 1. The van der Waals surface area contributed by atoms with Gasteiger partial charge in [0.25, 0.3) is 0 Å². The Morgan fingerprint density at radius 3 is 3.00 bits per heavy atom. The largest absolute Gasteiger partial charge is 0.232 e. The molecule has 0 saturated heterocycles. The monoisotopic (exact) mass is 337 g/mol. The lowest BCUT2D eigenvalue weighted by atomic mass is 10.1. The lowest BCUT2D eigenvalue weighted by Crippen LogP contribution is -1.92. The van der Waals surface area contributed by atoms with Crippen LogP contribution in [-0.4, -0.2) is 25.8 Å². The van der Waals surface area contributed by atoms with Crippen LogP contribution in [0.3, 0.4) is 0 Å². The van der Waals surface area contributed by atoms with Crippen LogP contribution in [0.1, 0.15) is 17.0 Å². The molecule has 4 aromatic rings. The highest BCUT2D eigenvalue weighted by Gasteiger charge is 2.07. The summed E-state index contributed by atoms with van der Waals surface area (Å²) in [4.78, 5) is 9.11. The molecule has 0 aliphatic rings. The predicted octanol–water partition coefficient (Wildman–Crippen LogP) is 3.52. The third-order valence-electron chi connectivity index (χ3n) is 3.48. The van der Waals surface area contributed by atoms with Gasteiger partial charge in [-0.3, -0.25) is 0 Å². The lowest BCUT2D eigenvalue weighted by molar-refractivity contribution is 0.918. The fraction of sp³-hybridized carbons (Fsp3) is 0.125. The molecule has 1 aromatic carbocycles. The Morgan fingerprint density at radius 1 is 1.26 bits per heavy atom. The molecule has 112 valence electrons. The summed E-state index contributed by atoms with van der Waals surface area (Å²) in [6, 6.07) is 11.8. The second kappa shape index (κ2) is 5.65. The number of nitrogens with zero attached hydrogens (tertiary/aromatic N) is 5. The van der Waals surface area contributed by atoms with Gasteiger partial charge in [0.05, 0.1) is 22.1 Å². The van der Waals surface area contributed by atoms with Gasteiger partial charge in [0, 0.05) is 6.42 Å². The molecule has 0 N–H and O–H groups in total. The molecular weight excluding hydrogens is 326 g/mol. The zero-order valence-corrected chi connectivity index (χ0v) is 13.9. The molecule has 0 radical (unpaired) electrons. The molecule has 0 spiro atoms. The van der Waals surface area contributed by atoms with Crippen molar-refractivity contribution < 1.29 is 0 Å². The maximum Gasteiger partial charge on any atom is 0.161 e. The molecule has 3 aromatic heterocycles. The molecule has 5 nitrogen and oxygen atoms in total. The van der Waals surface area contributed by atoms with Gasteiger partial charge >= 0.3 is 0 Å². The van der Waals surface area contributed by atoms with Crippen molar-refractivity contribution in [3.05, 3.63) is 53.5 Å². The summed E-state index contributed by atoms with van der Waals surface area (Å²) in [5.74, 6) is 0. The van der Waals surface area contributed by atoms with E-state index in [4.69, 9.17) is 5.26 Å². The molecular formula is C16H11N5S2. The molecule has 7 heteroatoms. The number of nitriles is 1. The van der Waals surface area contributed by atoms with E-state index in [0.29, 0.717) is 5.69 Å². The summed E-state index contributed by atoms with van der Waals surface area (Å²) < 4.78 is 3.93. The van der Waals surface area contributed by atoms with Gasteiger partial charge in [-0.1, -0.05) is 17.8 Å². The second-order valence-electron chi connectivity index (χ2n) is 5.03. The summed E-state index contributed by atoms with van der Waals surface area (Å²) in [7, 11) is 0. The van der Waals surface area contributed by atoms with Gasteiger partial charge in [0.1, 0.15) is 6.07 Å². The Hall–Kier alpha value is -2.43. The van der Waals surface area contributed by atoms with Crippen molar-refractivity contribution in [3.8, 4) is 6.07 Å². The summed E-state index contributed by atoms with van der Waals surface area (Å²) in [6.07, 6.45) is 4.64. The quantitative estimate of drug-likeness (QED) is 0.535. The van der Waals surface area contributed by atoms with E-state index >= 15 is 0 Å². The first-order valence-electron chi connectivity index (χ1n) is 6.94. The van der Waals surface area contributed by atoms with Gasteiger partial charge in [-0.05, 0) is 36.1 Å². The van der Waals surface area contributed by atoms with E-state index in [-0.39, 0.29) is 0 Å². The molecule has 0 atom stereocenters. The van der Waals surface area contributed by atoms with Crippen LogP contribution in [0, 0.1) is 11.3 Å². The van der Waals surface area contributed by atoms with Gasteiger partial charge in [-0.2, -0.15) is 10.4 Å². The van der Waals surface area contributed by atoms with Gasteiger partial charge in [-0.25, -0.2) is 14.5 Å². The van der Waals surface area contributed by atoms with E-state index in [1.54, 1.807) is 33.7 Å². The number of hydrogen-bond donors (Lipinski definition) is 0. The summed E-state index contributed by atoms with van der Waals surface area (Å²) in [6.45, 7) is 0. The molecule has 0 fully saturated rings. The van der Waals surface area contributed by atoms with Gasteiger partial charge in [-0.15, -0.1) is 11.3 Å². The Balaban J connectivity index is 1.68. The van der Waals surface area contributed by atoms with E-state index in [1.165, 1.54) is 10.3 Å². The van der Waals surface area contributed by atoms with Gasteiger partial charge in [0.15, 0.2) is 15.7 Å². The van der Waals surface area contributed by atoms with Crippen molar-refractivity contribution in [2.45, 2.75) is 10.8 Å². The minimum atomic E-state index is 0.386. The number of hydrogen-bond acceptors (Lipinski definition) is 6.